The minimum atomic E-state index is -0.587. The lowest BCUT2D eigenvalue weighted by Gasteiger charge is -2.33. The van der Waals surface area contributed by atoms with Crippen LogP contribution in [0.4, 0.5) is 0 Å². The van der Waals surface area contributed by atoms with Crippen molar-refractivity contribution in [2.24, 2.45) is 5.41 Å². The molecule has 0 fully saturated rings. The molecule has 118 valence electrons. The zero-order valence-corrected chi connectivity index (χ0v) is 13.5. The average Bonchev–Trinajstić information content (AvgIpc) is 2.24. The van der Waals surface area contributed by atoms with E-state index in [1.807, 2.05) is 13.8 Å². The van der Waals surface area contributed by atoms with Gasteiger partial charge >= 0.3 is 11.8 Å². The summed E-state index contributed by atoms with van der Waals surface area (Å²) >= 11 is 0. The fourth-order valence-corrected chi connectivity index (χ4v) is 2.43. The van der Waals surface area contributed by atoms with Crippen LogP contribution in [0.2, 0.25) is 0 Å². The van der Waals surface area contributed by atoms with Gasteiger partial charge in [0.15, 0.2) is 0 Å². The molecule has 0 aliphatic carbocycles. The first-order valence-electron chi connectivity index (χ1n) is 7.29. The molecule has 0 aromatic rings. The Balaban J connectivity index is 4.09. The van der Waals surface area contributed by atoms with E-state index in [-0.39, 0.29) is 12.0 Å². The third-order valence-corrected chi connectivity index (χ3v) is 2.75. The second-order valence-electron chi connectivity index (χ2n) is 7.12. The maximum Gasteiger partial charge on any atom is 0.309 e. The highest BCUT2D eigenvalue weighted by Gasteiger charge is 2.28. The SMILES string of the molecule is CC(C)(C)CC(C)(C)NC(=O)C(=O)NCCCCCO. The summed E-state index contributed by atoms with van der Waals surface area (Å²) in [7, 11) is 0. The Hall–Kier alpha value is -1.10. The van der Waals surface area contributed by atoms with Gasteiger partial charge in [0.2, 0.25) is 0 Å². The second-order valence-corrected chi connectivity index (χ2v) is 7.12. The number of rotatable bonds is 7. The van der Waals surface area contributed by atoms with Crippen molar-refractivity contribution >= 4 is 11.8 Å². The van der Waals surface area contributed by atoms with Crippen molar-refractivity contribution in [2.75, 3.05) is 13.2 Å². The molecule has 0 aliphatic heterocycles. The van der Waals surface area contributed by atoms with Gasteiger partial charge < -0.3 is 15.7 Å². The topological polar surface area (TPSA) is 78.4 Å². The first kappa shape index (κ1) is 18.9. The third-order valence-electron chi connectivity index (χ3n) is 2.75. The van der Waals surface area contributed by atoms with Gasteiger partial charge in [0.25, 0.3) is 0 Å². The van der Waals surface area contributed by atoms with Crippen LogP contribution in [0.5, 0.6) is 0 Å². The highest BCUT2D eigenvalue weighted by Crippen LogP contribution is 2.26. The molecule has 5 nitrogen and oxygen atoms in total. The van der Waals surface area contributed by atoms with Crippen LogP contribution in [0, 0.1) is 5.41 Å². The maximum absolute atomic E-state index is 11.8. The minimum Gasteiger partial charge on any atom is -0.396 e. The number of hydrogen-bond acceptors (Lipinski definition) is 3. The highest BCUT2D eigenvalue weighted by atomic mass is 16.3. The molecule has 0 bridgehead atoms. The van der Waals surface area contributed by atoms with Gasteiger partial charge in [-0.2, -0.15) is 0 Å². The molecule has 0 heterocycles. The zero-order valence-electron chi connectivity index (χ0n) is 13.5. The number of amides is 2. The quantitative estimate of drug-likeness (QED) is 0.491. The van der Waals surface area contributed by atoms with Crippen LogP contribution in [-0.4, -0.2) is 35.6 Å². The van der Waals surface area contributed by atoms with Crippen LogP contribution < -0.4 is 10.6 Å². The predicted octanol–water partition coefficient (Wildman–Crippen LogP) is 1.60. The molecule has 0 radical (unpaired) electrons. The molecule has 0 saturated carbocycles. The van der Waals surface area contributed by atoms with E-state index in [0.29, 0.717) is 6.54 Å². The molecule has 3 N–H and O–H groups in total. The molecule has 0 spiro atoms. The van der Waals surface area contributed by atoms with Gasteiger partial charge in [-0.3, -0.25) is 9.59 Å². The average molecular weight is 286 g/mol. The van der Waals surface area contributed by atoms with Crippen LogP contribution in [0.25, 0.3) is 0 Å². The van der Waals surface area contributed by atoms with E-state index in [1.165, 1.54) is 0 Å². The van der Waals surface area contributed by atoms with E-state index in [2.05, 4.69) is 31.4 Å². The molecule has 20 heavy (non-hydrogen) atoms. The van der Waals surface area contributed by atoms with Crippen molar-refractivity contribution in [3.05, 3.63) is 0 Å². The van der Waals surface area contributed by atoms with Crippen LogP contribution in [0.1, 0.15) is 60.3 Å². The van der Waals surface area contributed by atoms with E-state index < -0.39 is 17.4 Å². The predicted molar refractivity (Wildman–Crippen MR) is 80.2 cm³/mol. The lowest BCUT2D eigenvalue weighted by Crippen LogP contribution is -2.51. The zero-order chi connectivity index (χ0) is 15.8. The van der Waals surface area contributed by atoms with Crippen molar-refractivity contribution < 1.29 is 14.7 Å². The summed E-state index contributed by atoms with van der Waals surface area (Å²) in [5.74, 6) is -1.17. The fraction of sp³-hybridized carbons (Fsp3) is 0.867. The van der Waals surface area contributed by atoms with Gasteiger partial charge in [-0.1, -0.05) is 20.8 Å². The molecule has 0 saturated heterocycles. The summed E-state index contributed by atoms with van der Waals surface area (Å²) < 4.78 is 0. The largest absolute Gasteiger partial charge is 0.396 e. The van der Waals surface area contributed by atoms with Crippen LogP contribution in [0.15, 0.2) is 0 Å². The summed E-state index contributed by atoms with van der Waals surface area (Å²) in [5, 5.41) is 14.0. The Morgan fingerprint density at radius 3 is 2.05 bits per heavy atom. The van der Waals surface area contributed by atoms with Crippen molar-refractivity contribution in [1.82, 2.24) is 10.6 Å². The lowest BCUT2D eigenvalue weighted by molar-refractivity contribution is -0.140. The molecular weight excluding hydrogens is 256 g/mol. The molecule has 0 aliphatic rings. The molecule has 0 aromatic heterocycles. The van der Waals surface area contributed by atoms with E-state index in [0.717, 1.165) is 25.7 Å². The Morgan fingerprint density at radius 2 is 1.55 bits per heavy atom. The summed E-state index contributed by atoms with van der Waals surface area (Å²) in [6.45, 7) is 10.8. The van der Waals surface area contributed by atoms with Crippen molar-refractivity contribution in [3.8, 4) is 0 Å². The van der Waals surface area contributed by atoms with E-state index in [1.54, 1.807) is 0 Å². The van der Waals surface area contributed by atoms with Crippen molar-refractivity contribution in [2.45, 2.75) is 65.8 Å². The molecular formula is C15H30N2O3. The number of nitrogens with one attached hydrogen (secondary N) is 2. The molecule has 0 atom stereocenters. The van der Waals surface area contributed by atoms with Crippen LogP contribution >= 0.6 is 0 Å². The molecule has 2 amide bonds. The third kappa shape index (κ3) is 9.78. The normalized spacial score (nSPS) is 12.1. The Labute approximate surface area is 122 Å². The Bertz CT molecular complexity index is 320. The first-order valence-corrected chi connectivity index (χ1v) is 7.29. The van der Waals surface area contributed by atoms with E-state index in [4.69, 9.17) is 5.11 Å². The number of carbonyl (C=O) groups excluding carboxylic acids is 2. The first-order chi connectivity index (χ1) is 9.07. The number of aliphatic hydroxyl groups is 1. The smallest absolute Gasteiger partial charge is 0.309 e. The van der Waals surface area contributed by atoms with Gasteiger partial charge in [-0.05, 0) is 44.9 Å². The lowest BCUT2D eigenvalue weighted by atomic mass is 9.82. The molecule has 0 rings (SSSR count). The summed E-state index contributed by atoms with van der Waals surface area (Å²) in [6.07, 6.45) is 3.12. The highest BCUT2D eigenvalue weighted by molar-refractivity contribution is 6.35. The minimum absolute atomic E-state index is 0.0809. The standard InChI is InChI=1S/C15H30N2O3/c1-14(2,3)11-15(4,5)17-13(20)12(19)16-9-7-6-8-10-18/h18H,6-11H2,1-5H3,(H,16,19)(H,17,20). The van der Waals surface area contributed by atoms with E-state index in [9.17, 15) is 9.59 Å². The van der Waals surface area contributed by atoms with Gasteiger partial charge in [-0.15, -0.1) is 0 Å². The summed E-state index contributed by atoms with van der Waals surface area (Å²) in [4.78, 5) is 23.4. The van der Waals surface area contributed by atoms with Crippen LogP contribution in [-0.2, 0) is 9.59 Å². The number of unbranched alkanes of at least 4 members (excludes halogenated alkanes) is 2. The van der Waals surface area contributed by atoms with Crippen LogP contribution in [0.3, 0.4) is 0 Å². The Kier molecular flexibility index (Phi) is 7.79. The summed E-state index contributed by atoms with van der Waals surface area (Å²) in [5.41, 5.74) is -0.332. The number of aliphatic hydroxyl groups excluding tert-OH is 1. The fourth-order valence-electron chi connectivity index (χ4n) is 2.43. The van der Waals surface area contributed by atoms with Gasteiger partial charge in [-0.25, -0.2) is 0 Å². The van der Waals surface area contributed by atoms with Crippen molar-refractivity contribution in [1.29, 1.82) is 0 Å². The van der Waals surface area contributed by atoms with Crippen molar-refractivity contribution in [3.63, 3.8) is 0 Å². The monoisotopic (exact) mass is 286 g/mol. The van der Waals surface area contributed by atoms with Gasteiger partial charge in [0.1, 0.15) is 0 Å². The van der Waals surface area contributed by atoms with Gasteiger partial charge in [0.05, 0.1) is 0 Å². The summed E-state index contributed by atoms with van der Waals surface area (Å²) in [6, 6.07) is 0. The molecule has 5 heteroatoms. The second kappa shape index (κ2) is 8.25. The van der Waals surface area contributed by atoms with E-state index >= 15 is 0 Å². The molecule has 0 aromatic carbocycles. The number of carbonyl (C=O) groups is 2. The van der Waals surface area contributed by atoms with Gasteiger partial charge in [0, 0.05) is 18.7 Å². The Morgan fingerprint density at radius 1 is 0.950 bits per heavy atom. The molecule has 0 unspecified atom stereocenters. The maximum atomic E-state index is 11.8. The number of hydrogen-bond donors (Lipinski definition) is 3.